The fraction of sp³-hybridized carbons (Fsp3) is 0.833. The van der Waals surface area contributed by atoms with Gasteiger partial charge in [-0.05, 0) is 17.8 Å². The quantitative estimate of drug-likeness (QED) is 0.619. The number of piperidine rings is 1. The van der Waals surface area contributed by atoms with Crippen molar-refractivity contribution in [3.05, 3.63) is 0 Å². The maximum absolute atomic E-state index is 11.7. The zero-order valence-corrected chi connectivity index (χ0v) is 9.51. The molecule has 1 aliphatic carbocycles. The maximum Gasteiger partial charge on any atom is 0.229 e. The van der Waals surface area contributed by atoms with E-state index in [2.05, 4.69) is 12.2 Å². The van der Waals surface area contributed by atoms with Gasteiger partial charge in [0, 0.05) is 12.3 Å². The molecule has 2 rings (SSSR count). The molecule has 3 nitrogen and oxygen atoms in total. The number of rotatable bonds is 0. The van der Waals surface area contributed by atoms with E-state index < -0.39 is 0 Å². The molecule has 84 valence electrons. The van der Waals surface area contributed by atoms with Gasteiger partial charge in [0.25, 0.3) is 0 Å². The summed E-state index contributed by atoms with van der Waals surface area (Å²) in [6.45, 7) is 4.17. The largest absolute Gasteiger partial charge is 0.296 e. The number of carbonyl (C=O) groups is 2. The van der Waals surface area contributed by atoms with Crippen LogP contribution in [0.1, 0.15) is 46.0 Å². The van der Waals surface area contributed by atoms with E-state index in [4.69, 9.17) is 0 Å². The third-order valence-corrected chi connectivity index (χ3v) is 4.52. The van der Waals surface area contributed by atoms with Crippen LogP contribution in [-0.4, -0.2) is 11.8 Å². The lowest BCUT2D eigenvalue weighted by Gasteiger charge is -2.48. The van der Waals surface area contributed by atoms with E-state index in [1.54, 1.807) is 0 Å². The Morgan fingerprint density at radius 1 is 1.27 bits per heavy atom. The molecule has 0 bridgehead atoms. The lowest BCUT2D eigenvalue weighted by molar-refractivity contribution is -0.147. The summed E-state index contributed by atoms with van der Waals surface area (Å²) in [5.41, 5.74) is -0.0440. The van der Waals surface area contributed by atoms with Crippen molar-refractivity contribution >= 4 is 11.8 Å². The molecular weight excluding hydrogens is 190 g/mol. The molecule has 1 heterocycles. The van der Waals surface area contributed by atoms with Crippen LogP contribution in [0.4, 0.5) is 0 Å². The molecule has 1 saturated carbocycles. The van der Waals surface area contributed by atoms with E-state index in [1.165, 1.54) is 6.42 Å². The monoisotopic (exact) mass is 209 g/mol. The van der Waals surface area contributed by atoms with Crippen LogP contribution in [0.3, 0.4) is 0 Å². The van der Waals surface area contributed by atoms with Crippen LogP contribution < -0.4 is 5.32 Å². The molecule has 2 amide bonds. The van der Waals surface area contributed by atoms with E-state index in [1.807, 2.05) is 6.92 Å². The van der Waals surface area contributed by atoms with E-state index in [-0.39, 0.29) is 23.1 Å². The van der Waals surface area contributed by atoms with Gasteiger partial charge in [-0.2, -0.15) is 0 Å². The highest BCUT2D eigenvalue weighted by molar-refractivity contribution is 5.99. The van der Waals surface area contributed by atoms with Crippen molar-refractivity contribution in [3.63, 3.8) is 0 Å². The van der Waals surface area contributed by atoms with E-state index in [9.17, 15) is 9.59 Å². The van der Waals surface area contributed by atoms with Crippen LogP contribution >= 0.6 is 0 Å². The predicted octanol–water partition coefficient (Wildman–Crippen LogP) is 1.87. The minimum absolute atomic E-state index is 0.00880. The van der Waals surface area contributed by atoms with Crippen LogP contribution in [0.2, 0.25) is 0 Å². The topological polar surface area (TPSA) is 46.2 Å². The second-order valence-corrected chi connectivity index (χ2v) is 5.19. The molecule has 3 unspecified atom stereocenters. The third kappa shape index (κ3) is 1.58. The molecule has 1 N–H and O–H groups in total. The average Bonchev–Trinajstić information content (AvgIpc) is 2.18. The van der Waals surface area contributed by atoms with Gasteiger partial charge in [0.1, 0.15) is 0 Å². The van der Waals surface area contributed by atoms with Crippen LogP contribution in [0.15, 0.2) is 0 Å². The van der Waals surface area contributed by atoms with Crippen molar-refractivity contribution in [2.75, 3.05) is 0 Å². The van der Waals surface area contributed by atoms with E-state index in [0.29, 0.717) is 12.3 Å². The number of amides is 2. The van der Waals surface area contributed by atoms with Gasteiger partial charge in [-0.15, -0.1) is 0 Å². The number of hydrogen-bond acceptors (Lipinski definition) is 2. The van der Waals surface area contributed by atoms with Crippen LogP contribution in [0.25, 0.3) is 0 Å². The Hall–Kier alpha value is -0.860. The Morgan fingerprint density at radius 2 is 2.00 bits per heavy atom. The van der Waals surface area contributed by atoms with E-state index in [0.717, 1.165) is 19.3 Å². The molecule has 1 saturated heterocycles. The summed E-state index contributed by atoms with van der Waals surface area (Å²) in [4.78, 5) is 23.2. The number of nitrogens with one attached hydrogen (secondary N) is 1. The Bertz CT molecular complexity index is 300. The summed E-state index contributed by atoms with van der Waals surface area (Å²) >= 11 is 0. The zero-order chi connectivity index (χ0) is 11.1. The summed E-state index contributed by atoms with van der Waals surface area (Å²) in [6.07, 6.45) is 5.14. The second-order valence-electron chi connectivity index (χ2n) is 5.19. The number of carbonyl (C=O) groups excluding carboxylic acids is 2. The Kier molecular flexibility index (Phi) is 2.57. The molecule has 2 aliphatic rings. The molecule has 0 aromatic carbocycles. The lowest BCUT2D eigenvalue weighted by Crippen LogP contribution is -2.54. The smallest absolute Gasteiger partial charge is 0.229 e. The van der Waals surface area contributed by atoms with Crippen molar-refractivity contribution in [3.8, 4) is 0 Å². The van der Waals surface area contributed by atoms with Crippen LogP contribution in [-0.2, 0) is 9.59 Å². The highest BCUT2D eigenvalue weighted by Gasteiger charge is 2.49. The van der Waals surface area contributed by atoms with Gasteiger partial charge in [0.2, 0.25) is 11.8 Å². The molecule has 1 aliphatic heterocycles. The predicted molar refractivity (Wildman–Crippen MR) is 57.0 cm³/mol. The average molecular weight is 209 g/mol. The van der Waals surface area contributed by atoms with Gasteiger partial charge in [0.15, 0.2) is 0 Å². The SMILES string of the molecule is CC1CCCCC12CC(=O)NC(=O)C2C. The van der Waals surface area contributed by atoms with Crippen molar-refractivity contribution in [2.24, 2.45) is 17.3 Å². The molecule has 0 aromatic heterocycles. The molecule has 15 heavy (non-hydrogen) atoms. The minimum Gasteiger partial charge on any atom is -0.296 e. The van der Waals surface area contributed by atoms with Gasteiger partial charge in [-0.1, -0.05) is 33.1 Å². The van der Waals surface area contributed by atoms with Gasteiger partial charge in [0.05, 0.1) is 0 Å². The molecule has 3 heteroatoms. The summed E-state index contributed by atoms with van der Waals surface area (Å²) < 4.78 is 0. The van der Waals surface area contributed by atoms with Crippen molar-refractivity contribution in [1.82, 2.24) is 5.32 Å². The Balaban J connectivity index is 2.30. The maximum atomic E-state index is 11.7. The first-order valence-corrected chi connectivity index (χ1v) is 5.90. The molecule has 1 spiro atoms. The second kappa shape index (κ2) is 3.62. The number of hydrogen-bond donors (Lipinski definition) is 1. The highest BCUT2D eigenvalue weighted by Crippen LogP contribution is 2.50. The standard InChI is InChI=1S/C12H19NO2/c1-8-5-3-4-6-12(8)7-10(14)13-11(15)9(12)2/h8-9H,3-7H2,1-2H3,(H,13,14,15). The summed E-state index contributed by atoms with van der Waals surface area (Å²) in [5, 5.41) is 2.44. The fourth-order valence-corrected chi connectivity index (χ4v) is 3.35. The molecular formula is C12H19NO2. The lowest BCUT2D eigenvalue weighted by atomic mass is 9.57. The van der Waals surface area contributed by atoms with Gasteiger partial charge in [-0.25, -0.2) is 0 Å². The molecule has 3 atom stereocenters. The summed E-state index contributed by atoms with van der Waals surface area (Å²) in [5.74, 6) is 0.341. The van der Waals surface area contributed by atoms with Gasteiger partial charge < -0.3 is 0 Å². The summed E-state index contributed by atoms with van der Waals surface area (Å²) in [7, 11) is 0. The highest BCUT2D eigenvalue weighted by atomic mass is 16.2. The van der Waals surface area contributed by atoms with Crippen LogP contribution in [0, 0.1) is 17.3 Å². The molecule has 0 radical (unpaired) electrons. The van der Waals surface area contributed by atoms with Crippen molar-refractivity contribution < 1.29 is 9.59 Å². The van der Waals surface area contributed by atoms with Crippen LogP contribution in [0.5, 0.6) is 0 Å². The first-order chi connectivity index (χ1) is 7.06. The van der Waals surface area contributed by atoms with E-state index >= 15 is 0 Å². The third-order valence-electron chi connectivity index (χ3n) is 4.52. The zero-order valence-electron chi connectivity index (χ0n) is 9.51. The normalized spacial score (nSPS) is 41.7. The first-order valence-electron chi connectivity index (χ1n) is 5.90. The minimum atomic E-state index is -0.0770. The van der Waals surface area contributed by atoms with Crippen molar-refractivity contribution in [1.29, 1.82) is 0 Å². The fourth-order valence-electron chi connectivity index (χ4n) is 3.35. The van der Waals surface area contributed by atoms with Gasteiger partial charge >= 0.3 is 0 Å². The Morgan fingerprint density at radius 3 is 2.67 bits per heavy atom. The molecule has 2 fully saturated rings. The van der Waals surface area contributed by atoms with Gasteiger partial charge in [-0.3, -0.25) is 14.9 Å². The Labute approximate surface area is 90.6 Å². The first kappa shape index (κ1) is 10.7. The van der Waals surface area contributed by atoms with Crippen molar-refractivity contribution in [2.45, 2.75) is 46.0 Å². The summed E-state index contributed by atoms with van der Waals surface area (Å²) in [6, 6.07) is 0. The number of imide groups is 1. The molecule has 0 aromatic rings.